The van der Waals surface area contributed by atoms with Crippen molar-refractivity contribution in [3.8, 4) is 22.9 Å². The van der Waals surface area contributed by atoms with E-state index in [0.717, 1.165) is 18.5 Å². The second-order valence-corrected chi connectivity index (χ2v) is 8.35. The molecule has 0 unspecified atom stereocenters. The van der Waals surface area contributed by atoms with E-state index in [0.29, 0.717) is 35.3 Å². The SMILES string of the molecule is O=S1(=O)N=C2CCCN2c2ccc(Oc3cccc(-c4nc(=S)o[nH]4)c3)cc21. The van der Waals surface area contributed by atoms with Crippen LogP contribution in [0, 0.1) is 4.84 Å². The maximum atomic E-state index is 12.6. The minimum absolute atomic E-state index is 0.114. The highest BCUT2D eigenvalue weighted by atomic mass is 32.2. The van der Waals surface area contributed by atoms with Crippen molar-refractivity contribution in [1.82, 2.24) is 10.1 Å². The molecule has 0 spiro atoms. The normalized spacial score (nSPS) is 17.0. The highest BCUT2D eigenvalue weighted by molar-refractivity contribution is 7.90. The first-order valence-corrected chi connectivity index (χ1v) is 10.4. The Hall–Kier alpha value is -2.98. The average Bonchev–Trinajstić information content (AvgIpc) is 3.30. The average molecular weight is 414 g/mol. The predicted octanol–water partition coefficient (Wildman–Crippen LogP) is 3.89. The molecule has 142 valence electrons. The van der Waals surface area contributed by atoms with Gasteiger partial charge in [0.1, 0.15) is 22.2 Å². The molecule has 5 rings (SSSR count). The summed E-state index contributed by atoms with van der Waals surface area (Å²) in [5, 5.41) is 2.64. The van der Waals surface area contributed by atoms with E-state index in [-0.39, 0.29) is 9.73 Å². The van der Waals surface area contributed by atoms with Gasteiger partial charge in [0.05, 0.1) is 5.69 Å². The molecule has 28 heavy (non-hydrogen) atoms. The lowest BCUT2D eigenvalue weighted by Crippen LogP contribution is -2.30. The van der Waals surface area contributed by atoms with E-state index in [2.05, 4.69) is 14.5 Å². The van der Waals surface area contributed by atoms with Gasteiger partial charge in [-0.1, -0.05) is 12.1 Å². The number of nitrogens with zero attached hydrogens (tertiary/aromatic N) is 3. The number of aromatic amines is 1. The number of nitrogens with one attached hydrogen (secondary N) is 1. The van der Waals surface area contributed by atoms with E-state index >= 15 is 0 Å². The van der Waals surface area contributed by atoms with Crippen LogP contribution in [0.2, 0.25) is 0 Å². The molecule has 1 N–H and O–H groups in total. The number of sulfonamides is 1. The first kappa shape index (κ1) is 17.1. The Labute approximate surface area is 165 Å². The molecule has 1 fully saturated rings. The van der Waals surface area contributed by atoms with Crippen molar-refractivity contribution < 1.29 is 17.7 Å². The van der Waals surface area contributed by atoms with Crippen molar-refractivity contribution in [3.63, 3.8) is 0 Å². The number of hydrogen-bond donors (Lipinski definition) is 1. The third-order valence-electron chi connectivity index (χ3n) is 4.60. The predicted molar refractivity (Wildman–Crippen MR) is 105 cm³/mol. The van der Waals surface area contributed by atoms with Crippen LogP contribution in [0.15, 0.2) is 56.3 Å². The van der Waals surface area contributed by atoms with Crippen LogP contribution in [0.4, 0.5) is 5.69 Å². The Balaban J connectivity index is 1.49. The number of ether oxygens (including phenoxy) is 1. The van der Waals surface area contributed by atoms with Gasteiger partial charge in [0, 0.05) is 24.6 Å². The molecule has 1 saturated heterocycles. The van der Waals surface area contributed by atoms with Crippen LogP contribution >= 0.6 is 12.2 Å². The van der Waals surface area contributed by atoms with Crippen LogP contribution in [0.3, 0.4) is 0 Å². The minimum Gasteiger partial charge on any atom is -0.457 e. The van der Waals surface area contributed by atoms with Crippen molar-refractivity contribution in [3.05, 3.63) is 47.3 Å². The zero-order chi connectivity index (χ0) is 19.3. The number of rotatable bonds is 3. The lowest BCUT2D eigenvalue weighted by Gasteiger charge is -2.25. The monoisotopic (exact) mass is 414 g/mol. The van der Waals surface area contributed by atoms with Crippen LogP contribution in [-0.4, -0.2) is 30.9 Å². The first-order valence-electron chi connectivity index (χ1n) is 8.59. The number of benzene rings is 2. The number of aromatic nitrogens is 2. The molecular weight excluding hydrogens is 400 g/mol. The van der Waals surface area contributed by atoms with Gasteiger partial charge in [-0.05, 0) is 42.9 Å². The van der Waals surface area contributed by atoms with E-state index in [4.69, 9.17) is 21.5 Å². The maximum absolute atomic E-state index is 12.6. The Bertz CT molecular complexity index is 1280. The quantitative estimate of drug-likeness (QED) is 0.649. The van der Waals surface area contributed by atoms with Crippen molar-refractivity contribution in [2.24, 2.45) is 4.40 Å². The van der Waals surface area contributed by atoms with Crippen LogP contribution in [-0.2, 0) is 10.0 Å². The Morgan fingerprint density at radius 1 is 1.18 bits per heavy atom. The Morgan fingerprint density at radius 3 is 2.86 bits per heavy atom. The number of anilines is 1. The highest BCUT2D eigenvalue weighted by Gasteiger charge is 2.33. The number of amidine groups is 1. The van der Waals surface area contributed by atoms with Gasteiger partial charge >= 0.3 is 4.84 Å². The summed E-state index contributed by atoms with van der Waals surface area (Å²) < 4.78 is 39.9. The summed E-state index contributed by atoms with van der Waals surface area (Å²) in [6, 6.07) is 12.2. The van der Waals surface area contributed by atoms with Crippen LogP contribution in [0.5, 0.6) is 11.5 Å². The molecular formula is C18H14N4O4S2. The van der Waals surface area contributed by atoms with Gasteiger partial charge in [-0.25, -0.2) is 5.16 Å². The molecule has 0 aliphatic carbocycles. The third-order valence-corrected chi connectivity index (χ3v) is 6.11. The third kappa shape index (κ3) is 2.90. The molecule has 0 saturated carbocycles. The summed E-state index contributed by atoms with van der Waals surface area (Å²) in [5.74, 6) is 2.03. The number of fused-ring (bicyclic) bond motifs is 3. The molecule has 0 amide bonds. The molecule has 3 heterocycles. The maximum Gasteiger partial charge on any atom is 0.314 e. The van der Waals surface area contributed by atoms with E-state index in [1.165, 1.54) is 6.07 Å². The van der Waals surface area contributed by atoms with Crippen LogP contribution in [0.25, 0.3) is 11.4 Å². The van der Waals surface area contributed by atoms with Gasteiger partial charge in [-0.15, -0.1) is 4.40 Å². The zero-order valence-corrected chi connectivity index (χ0v) is 16.1. The summed E-state index contributed by atoms with van der Waals surface area (Å²) >= 11 is 4.87. The fourth-order valence-electron chi connectivity index (χ4n) is 3.38. The van der Waals surface area contributed by atoms with Gasteiger partial charge in [0.15, 0.2) is 5.82 Å². The number of hydrogen-bond acceptors (Lipinski definition) is 7. The van der Waals surface area contributed by atoms with Crippen molar-refractivity contribution in [2.45, 2.75) is 17.7 Å². The van der Waals surface area contributed by atoms with Gasteiger partial charge in [0.2, 0.25) is 0 Å². The van der Waals surface area contributed by atoms with Crippen LogP contribution in [0.1, 0.15) is 12.8 Å². The van der Waals surface area contributed by atoms with Crippen molar-refractivity contribution in [1.29, 1.82) is 0 Å². The summed E-state index contributed by atoms with van der Waals surface area (Å²) in [6.45, 7) is 0.767. The second kappa shape index (κ2) is 6.28. The summed E-state index contributed by atoms with van der Waals surface area (Å²) in [6.07, 6.45) is 1.57. The molecule has 0 atom stereocenters. The second-order valence-electron chi connectivity index (χ2n) is 6.43. The standard InChI is InChI=1S/C18H14N4O4S2/c23-28(24)15-10-13(6-7-14(15)22-8-2-5-16(22)21-28)25-12-4-1-3-11(9-12)17-19-18(27)26-20-17/h1,3-4,6-7,9-10H,2,5,8H2,(H,19,20,27). The molecule has 2 aliphatic heterocycles. The van der Waals surface area contributed by atoms with E-state index < -0.39 is 10.0 Å². The molecule has 1 aromatic heterocycles. The van der Waals surface area contributed by atoms with Crippen molar-refractivity contribution >= 4 is 33.8 Å². The fraction of sp³-hybridized carbons (Fsp3) is 0.167. The van der Waals surface area contributed by atoms with Crippen molar-refractivity contribution in [2.75, 3.05) is 11.4 Å². The van der Waals surface area contributed by atoms with E-state index in [1.807, 2.05) is 11.0 Å². The molecule has 2 aliphatic rings. The molecule has 10 heteroatoms. The van der Waals surface area contributed by atoms with Gasteiger partial charge < -0.3 is 14.2 Å². The zero-order valence-electron chi connectivity index (χ0n) is 14.5. The molecule has 0 bridgehead atoms. The Kier molecular flexibility index (Phi) is 3.84. The topological polar surface area (TPSA) is 101 Å². The smallest absolute Gasteiger partial charge is 0.314 e. The molecule has 8 nitrogen and oxygen atoms in total. The van der Waals surface area contributed by atoms with Gasteiger partial charge in [0.25, 0.3) is 10.0 Å². The molecule has 0 radical (unpaired) electrons. The summed E-state index contributed by atoms with van der Waals surface area (Å²) in [4.78, 5) is 6.30. The molecule has 2 aromatic carbocycles. The highest BCUT2D eigenvalue weighted by Crippen LogP contribution is 2.38. The van der Waals surface area contributed by atoms with Crippen LogP contribution < -0.4 is 9.64 Å². The van der Waals surface area contributed by atoms with E-state index in [9.17, 15) is 8.42 Å². The largest absolute Gasteiger partial charge is 0.457 e. The summed E-state index contributed by atoms with van der Waals surface area (Å²) in [5.41, 5.74) is 1.38. The first-order chi connectivity index (χ1) is 13.5. The number of H-pyrrole nitrogens is 1. The summed E-state index contributed by atoms with van der Waals surface area (Å²) in [7, 11) is -3.73. The van der Waals surface area contributed by atoms with Gasteiger partial charge in [-0.2, -0.15) is 13.4 Å². The fourth-order valence-corrected chi connectivity index (χ4v) is 4.79. The minimum atomic E-state index is -3.73. The van der Waals surface area contributed by atoms with Gasteiger partial charge in [-0.3, -0.25) is 0 Å². The lowest BCUT2D eigenvalue weighted by atomic mass is 10.2. The molecule has 3 aromatic rings. The van der Waals surface area contributed by atoms with E-state index in [1.54, 1.807) is 30.3 Å². The lowest BCUT2D eigenvalue weighted by molar-refractivity contribution is 0.406. The Morgan fingerprint density at radius 2 is 2.04 bits per heavy atom.